The molecule has 0 aromatic carbocycles. The van der Waals surface area contributed by atoms with Gasteiger partial charge in [-0.05, 0) is 32.9 Å². The van der Waals surface area contributed by atoms with Crippen molar-refractivity contribution in [3.05, 3.63) is 39.7 Å². The molecule has 0 atom stereocenters. The predicted octanol–water partition coefficient (Wildman–Crippen LogP) is 0.115. The molecule has 0 N–H and O–H groups in total. The van der Waals surface area contributed by atoms with Crippen molar-refractivity contribution in [2.45, 2.75) is 45.8 Å². The average Bonchev–Trinajstić information content (AvgIpc) is 3.26. The molecule has 1 saturated heterocycles. The van der Waals surface area contributed by atoms with Gasteiger partial charge in [-0.2, -0.15) is 4.98 Å². The Morgan fingerprint density at radius 3 is 2.73 bits per heavy atom. The van der Waals surface area contributed by atoms with Gasteiger partial charge >= 0.3 is 0 Å². The van der Waals surface area contributed by atoms with Crippen molar-refractivity contribution in [1.29, 1.82) is 0 Å². The molecule has 0 spiro atoms. The summed E-state index contributed by atoms with van der Waals surface area (Å²) in [6.07, 6.45) is 2.46. The molecule has 1 amide bonds. The number of likely N-dealkylation sites (tertiary alicyclic amines) is 1. The molecule has 0 unspecified atom stereocenters. The molecular formula is C17H22N6O3. The van der Waals surface area contributed by atoms with E-state index in [4.69, 9.17) is 4.52 Å². The first-order valence-corrected chi connectivity index (χ1v) is 8.97. The quantitative estimate of drug-likeness (QED) is 0.765. The van der Waals surface area contributed by atoms with Crippen LogP contribution in [0.1, 0.15) is 36.1 Å². The third-order valence-corrected chi connectivity index (χ3v) is 4.88. The summed E-state index contributed by atoms with van der Waals surface area (Å²) in [5.41, 5.74) is 0.744. The number of aryl methyl sites for hydroxylation is 1. The molecular weight excluding hydrogens is 336 g/mol. The van der Waals surface area contributed by atoms with E-state index in [2.05, 4.69) is 20.0 Å². The van der Waals surface area contributed by atoms with E-state index in [0.29, 0.717) is 43.7 Å². The molecule has 1 fully saturated rings. The Morgan fingerprint density at radius 1 is 1.19 bits per heavy atom. The first kappa shape index (κ1) is 16.9. The van der Waals surface area contributed by atoms with Crippen molar-refractivity contribution in [2.75, 3.05) is 19.6 Å². The number of amides is 1. The van der Waals surface area contributed by atoms with Gasteiger partial charge in [0, 0.05) is 25.7 Å². The first-order chi connectivity index (χ1) is 12.6. The zero-order chi connectivity index (χ0) is 18.1. The molecule has 9 heteroatoms. The van der Waals surface area contributed by atoms with Crippen LogP contribution in [0.25, 0.3) is 0 Å². The number of carbonyl (C=O) groups is 1. The minimum absolute atomic E-state index is 0.0381. The highest BCUT2D eigenvalue weighted by Crippen LogP contribution is 2.14. The minimum atomic E-state index is -0.0981. The Morgan fingerprint density at radius 2 is 2.00 bits per heavy atom. The molecule has 2 aliphatic rings. The molecule has 4 heterocycles. The number of rotatable bonds is 4. The van der Waals surface area contributed by atoms with Crippen LogP contribution in [0.2, 0.25) is 0 Å². The fraction of sp³-hybridized carbons (Fsp3) is 0.588. The summed E-state index contributed by atoms with van der Waals surface area (Å²) in [6.45, 7) is 5.77. The van der Waals surface area contributed by atoms with Crippen molar-refractivity contribution >= 4 is 5.91 Å². The summed E-state index contributed by atoms with van der Waals surface area (Å²) in [5, 5.41) is 3.70. The van der Waals surface area contributed by atoms with Crippen LogP contribution in [0, 0.1) is 6.92 Å². The average molecular weight is 358 g/mol. The predicted molar refractivity (Wildman–Crippen MR) is 91.2 cm³/mol. The summed E-state index contributed by atoms with van der Waals surface area (Å²) in [7, 11) is 0. The number of carbonyl (C=O) groups excluding carboxylic acids is 1. The number of fused-ring (bicyclic) bond motifs is 1. The topological polar surface area (TPSA) is 97.4 Å². The smallest absolute Gasteiger partial charge is 0.253 e. The molecule has 0 bridgehead atoms. The van der Waals surface area contributed by atoms with Crippen LogP contribution in [0.5, 0.6) is 0 Å². The zero-order valence-electron chi connectivity index (χ0n) is 14.8. The van der Waals surface area contributed by atoms with Crippen LogP contribution in [0.3, 0.4) is 0 Å². The highest BCUT2D eigenvalue weighted by Gasteiger charge is 2.25. The first-order valence-electron chi connectivity index (χ1n) is 8.97. The fourth-order valence-corrected chi connectivity index (χ4v) is 3.55. The molecule has 2 aliphatic heterocycles. The second-order valence-electron chi connectivity index (χ2n) is 6.86. The van der Waals surface area contributed by atoms with Crippen molar-refractivity contribution in [3.8, 4) is 0 Å². The molecule has 2 aromatic rings. The Bertz CT molecular complexity index is 868. The van der Waals surface area contributed by atoms with Crippen LogP contribution < -0.4 is 5.56 Å². The summed E-state index contributed by atoms with van der Waals surface area (Å²) < 4.78 is 6.68. The summed E-state index contributed by atoms with van der Waals surface area (Å²) >= 11 is 0. The molecule has 4 rings (SSSR count). The standard InChI is InChI=1S/C17H22N6O3/c1-12-18-15(26-20-12)9-16(24)22-6-7-23-14(11-22)19-13(8-17(23)25)10-21-4-2-3-5-21/h8H,2-7,9-11H2,1H3. The van der Waals surface area contributed by atoms with E-state index in [-0.39, 0.29) is 17.9 Å². The molecule has 0 radical (unpaired) electrons. The van der Waals surface area contributed by atoms with E-state index in [1.54, 1.807) is 22.5 Å². The van der Waals surface area contributed by atoms with Crippen LogP contribution in [-0.2, 0) is 30.8 Å². The third-order valence-electron chi connectivity index (χ3n) is 4.88. The highest BCUT2D eigenvalue weighted by atomic mass is 16.5. The summed E-state index contributed by atoms with van der Waals surface area (Å²) in [4.78, 5) is 37.6. The van der Waals surface area contributed by atoms with E-state index in [9.17, 15) is 9.59 Å². The van der Waals surface area contributed by atoms with Crippen molar-refractivity contribution < 1.29 is 9.32 Å². The van der Waals surface area contributed by atoms with Crippen molar-refractivity contribution in [3.63, 3.8) is 0 Å². The lowest BCUT2D eigenvalue weighted by atomic mass is 10.2. The van der Waals surface area contributed by atoms with Gasteiger partial charge in [0.1, 0.15) is 12.2 Å². The molecule has 9 nitrogen and oxygen atoms in total. The van der Waals surface area contributed by atoms with E-state index < -0.39 is 0 Å². The maximum absolute atomic E-state index is 12.5. The highest BCUT2D eigenvalue weighted by molar-refractivity contribution is 5.77. The van der Waals surface area contributed by atoms with Crippen LogP contribution in [0.15, 0.2) is 15.4 Å². The fourth-order valence-electron chi connectivity index (χ4n) is 3.55. The molecule has 2 aromatic heterocycles. The lowest BCUT2D eigenvalue weighted by Crippen LogP contribution is -2.43. The molecule has 26 heavy (non-hydrogen) atoms. The number of hydrogen-bond acceptors (Lipinski definition) is 7. The Balaban J connectivity index is 1.48. The van der Waals surface area contributed by atoms with E-state index >= 15 is 0 Å². The second kappa shape index (κ2) is 6.99. The van der Waals surface area contributed by atoms with Crippen LogP contribution in [-0.4, -0.2) is 55.0 Å². The lowest BCUT2D eigenvalue weighted by Gasteiger charge is -2.29. The van der Waals surface area contributed by atoms with E-state index in [1.165, 1.54) is 12.8 Å². The van der Waals surface area contributed by atoms with Gasteiger partial charge in [-0.15, -0.1) is 0 Å². The number of nitrogens with zero attached hydrogens (tertiary/aromatic N) is 6. The van der Waals surface area contributed by atoms with Gasteiger partial charge < -0.3 is 9.42 Å². The lowest BCUT2D eigenvalue weighted by molar-refractivity contribution is -0.132. The van der Waals surface area contributed by atoms with Crippen molar-refractivity contribution in [2.24, 2.45) is 0 Å². The second-order valence-corrected chi connectivity index (χ2v) is 6.86. The number of hydrogen-bond donors (Lipinski definition) is 0. The van der Waals surface area contributed by atoms with Gasteiger partial charge in [0.2, 0.25) is 11.8 Å². The monoisotopic (exact) mass is 358 g/mol. The van der Waals surface area contributed by atoms with Gasteiger partial charge in [0.05, 0.1) is 12.2 Å². The molecule has 0 aliphatic carbocycles. The summed E-state index contributed by atoms with van der Waals surface area (Å²) in [6, 6.07) is 1.63. The molecule has 0 saturated carbocycles. The SMILES string of the molecule is Cc1noc(CC(=O)N2CCn3c(nc(CN4CCCC4)cc3=O)C2)n1. The van der Waals surface area contributed by atoms with Gasteiger partial charge in [-0.25, -0.2) is 4.98 Å². The molecule has 138 valence electrons. The third kappa shape index (κ3) is 3.52. The van der Waals surface area contributed by atoms with Crippen molar-refractivity contribution in [1.82, 2.24) is 29.5 Å². The van der Waals surface area contributed by atoms with Gasteiger partial charge in [-0.3, -0.25) is 19.1 Å². The number of aromatic nitrogens is 4. The summed E-state index contributed by atoms with van der Waals surface area (Å²) in [5.74, 6) is 1.37. The van der Waals surface area contributed by atoms with E-state index in [0.717, 1.165) is 18.8 Å². The van der Waals surface area contributed by atoms with Crippen LogP contribution >= 0.6 is 0 Å². The minimum Gasteiger partial charge on any atom is -0.339 e. The van der Waals surface area contributed by atoms with Crippen LogP contribution in [0.4, 0.5) is 0 Å². The van der Waals surface area contributed by atoms with Gasteiger partial charge in [0.25, 0.3) is 5.56 Å². The Hall–Kier alpha value is -2.55. The normalized spacial score (nSPS) is 17.5. The maximum Gasteiger partial charge on any atom is 0.253 e. The Kier molecular flexibility index (Phi) is 4.54. The Labute approximate surface area is 150 Å². The van der Waals surface area contributed by atoms with Gasteiger partial charge in [-0.1, -0.05) is 5.16 Å². The van der Waals surface area contributed by atoms with Gasteiger partial charge in [0.15, 0.2) is 5.82 Å². The zero-order valence-corrected chi connectivity index (χ0v) is 14.8. The maximum atomic E-state index is 12.5. The van der Waals surface area contributed by atoms with E-state index in [1.807, 2.05) is 0 Å². The largest absolute Gasteiger partial charge is 0.339 e.